The quantitative estimate of drug-likeness (QED) is 0.461. The van der Waals surface area contributed by atoms with Gasteiger partial charge in [0, 0.05) is 35.8 Å². The summed E-state index contributed by atoms with van der Waals surface area (Å²) in [6, 6.07) is 8.92. The van der Waals surface area contributed by atoms with E-state index in [0.717, 1.165) is 28.3 Å². The van der Waals surface area contributed by atoms with Gasteiger partial charge in [0.2, 0.25) is 5.56 Å². The molecule has 162 valence electrons. The number of nitrogens with zero attached hydrogens (tertiary/aromatic N) is 4. The Hall–Kier alpha value is -3.79. The lowest BCUT2D eigenvalue weighted by Crippen LogP contribution is -2.02. The fourth-order valence-corrected chi connectivity index (χ4v) is 3.93. The van der Waals surface area contributed by atoms with Crippen molar-refractivity contribution in [3.05, 3.63) is 64.3 Å². The maximum Gasteiger partial charge on any atom is 0.247 e. The van der Waals surface area contributed by atoms with Crippen molar-refractivity contribution in [1.29, 1.82) is 5.26 Å². The van der Waals surface area contributed by atoms with E-state index in [1.54, 1.807) is 24.5 Å². The van der Waals surface area contributed by atoms with Crippen LogP contribution in [0.4, 0.5) is 0 Å². The van der Waals surface area contributed by atoms with E-state index in [1.165, 1.54) is 44.4 Å². The Bertz CT molecular complexity index is 1300. The smallest absolute Gasteiger partial charge is 0.247 e. The topological polar surface area (TPSA) is 111 Å². The minimum Gasteiger partial charge on any atom is -0.336 e. The third-order valence-corrected chi connectivity index (χ3v) is 5.81. The van der Waals surface area contributed by atoms with Gasteiger partial charge in [-0.2, -0.15) is 5.26 Å². The molecular weight excluding hydrogens is 400 g/mol. The maximum absolute atomic E-state index is 11.2. The van der Waals surface area contributed by atoms with Crippen LogP contribution in [0.1, 0.15) is 50.2 Å². The second-order valence-corrected chi connectivity index (χ2v) is 8.36. The van der Waals surface area contributed by atoms with Crippen molar-refractivity contribution in [3.63, 3.8) is 0 Å². The first-order chi connectivity index (χ1) is 15.5. The summed E-state index contributed by atoms with van der Waals surface area (Å²) in [6.07, 6.45) is 12.3. The predicted molar refractivity (Wildman–Crippen MR) is 125 cm³/mol. The zero-order valence-corrected chi connectivity index (χ0v) is 18.4. The van der Waals surface area contributed by atoms with Gasteiger partial charge in [0.15, 0.2) is 5.65 Å². The number of pyridine rings is 3. The van der Waals surface area contributed by atoms with Crippen LogP contribution in [-0.2, 0) is 0 Å². The van der Waals surface area contributed by atoms with E-state index in [9.17, 15) is 4.79 Å². The Morgan fingerprint density at radius 3 is 2.53 bits per heavy atom. The van der Waals surface area contributed by atoms with Crippen molar-refractivity contribution < 1.29 is 0 Å². The molecule has 7 heteroatoms. The number of aromatic nitrogens is 5. The highest BCUT2D eigenvalue weighted by molar-refractivity contribution is 5.78. The number of H-pyrrole nitrogens is 2. The average molecular weight is 427 g/mol. The maximum atomic E-state index is 11.2. The van der Waals surface area contributed by atoms with Crippen LogP contribution in [0.5, 0.6) is 0 Å². The molecule has 0 aliphatic heterocycles. The zero-order valence-electron chi connectivity index (χ0n) is 18.4. The summed E-state index contributed by atoms with van der Waals surface area (Å²) >= 11 is 0. The normalized spacial score (nSPS) is 13.9. The molecule has 0 amide bonds. The fraction of sp³-hybridized carbons (Fsp3) is 0.320. The first-order valence-electron chi connectivity index (χ1n) is 11.0. The van der Waals surface area contributed by atoms with E-state index in [4.69, 9.17) is 5.26 Å². The van der Waals surface area contributed by atoms with E-state index in [1.807, 2.05) is 13.0 Å². The molecule has 1 fully saturated rings. The summed E-state index contributed by atoms with van der Waals surface area (Å²) in [5, 5.41) is 8.96. The Kier molecular flexibility index (Phi) is 6.41. The molecule has 0 radical (unpaired) electrons. The minimum atomic E-state index is -0.149. The second-order valence-electron chi connectivity index (χ2n) is 8.36. The SMILES string of the molecule is CC1CCCCC1.Cc1cc(-c2ccc(=O)[nH]c2)ncc1-c1nc2ncc(C#N)cc2[nH]1. The lowest BCUT2D eigenvalue weighted by atomic mass is 9.91. The van der Waals surface area contributed by atoms with Crippen LogP contribution in [0.15, 0.2) is 47.7 Å². The monoisotopic (exact) mass is 426 g/mol. The Balaban J connectivity index is 0.000000300. The molecule has 7 nitrogen and oxygen atoms in total. The molecule has 2 N–H and O–H groups in total. The predicted octanol–water partition coefficient (Wildman–Crippen LogP) is 5.14. The zero-order chi connectivity index (χ0) is 22.5. The molecular formula is C25H26N6O. The van der Waals surface area contributed by atoms with Crippen molar-refractivity contribution in [3.8, 4) is 28.7 Å². The lowest BCUT2D eigenvalue weighted by molar-refractivity contribution is 0.385. The van der Waals surface area contributed by atoms with Crippen molar-refractivity contribution >= 4 is 11.2 Å². The van der Waals surface area contributed by atoms with Crippen LogP contribution >= 0.6 is 0 Å². The van der Waals surface area contributed by atoms with Crippen LogP contribution in [0.2, 0.25) is 0 Å². The molecule has 0 saturated heterocycles. The summed E-state index contributed by atoms with van der Waals surface area (Å²) in [4.78, 5) is 30.1. The second kappa shape index (κ2) is 9.56. The van der Waals surface area contributed by atoms with Crippen molar-refractivity contribution in [2.75, 3.05) is 0 Å². The summed E-state index contributed by atoms with van der Waals surface area (Å²) in [7, 11) is 0. The van der Waals surface area contributed by atoms with Gasteiger partial charge in [-0.15, -0.1) is 0 Å². The van der Waals surface area contributed by atoms with Gasteiger partial charge in [0.05, 0.1) is 16.8 Å². The third kappa shape index (κ3) is 4.92. The third-order valence-electron chi connectivity index (χ3n) is 5.81. The number of imidazole rings is 1. The molecule has 5 rings (SSSR count). The van der Waals surface area contributed by atoms with Crippen LogP contribution in [0.3, 0.4) is 0 Å². The Morgan fingerprint density at radius 1 is 1.09 bits per heavy atom. The molecule has 1 aliphatic carbocycles. The van der Waals surface area contributed by atoms with Gasteiger partial charge in [-0.1, -0.05) is 39.0 Å². The average Bonchev–Trinajstić information content (AvgIpc) is 3.23. The van der Waals surface area contributed by atoms with Crippen molar-refractivity contribution in [1.82, 2.24) is 24.9 Å². The minimum absolute atomic E-state index is 0.149. The molecule has 32 heavy (non-hydrogen) atoms. The van der Waals surface area contributed by atoms with Gasteiger partial charge >= 0.3 is 0 Å². The van der Waals surface area contributed by atoms with Gasteiger partial charge in [-0.05, 0) is 36.6 Å². The fourth-order valence-electron chi connectivity index (χ4n) is 3.93. The van der Waals surface area contributed by atoms with Crippen LogP contribution < -0.4 is 5.56 Å². The molecule has 0 aromatic carbocycles. The number of fused-ring (bicyclic) bond motifs is 1. The number of nitriles is 1. The van der Waals surface area contributed by atoms with Crippen molar-refractivity contribution in [2.45, 2.75) is 46.0 Å². The molecule has 0 bridgehead atoms. The molecule has 1 saturated carbocycles. The number of aromatic amines is 2. The summed E-state index contributed by atoms with van der Waals surface area (Å²) in [5.74, 6) is 1.68. The number of nitrogens with one attached hydrogen (secondary N) is 2. The first-order valence-corrected chi connectivity index (χ1v) is 11.0. The van der Waals surface area contributed by atoms with Gasteiger partial charge in [-0.25, -0.2) is 9.97 Å². The molecule has 0 spiro atoms. The number of aryl methyl sites for hydroxylation is 1. The molecule has 4 aromatic heterocycles. The molecule has 0 unspecified atom stereocenters. The van der Waals surface area contributed by atoms with Crippen LogP contribution in [0, 0.1) is 24.2 Å². The van der Waals surface area contributed by atoms with Crippen LogP contribution in [0.25, 0.3) is 33.8 Å². The highest BCUT2D eigenvalue weighted by atomic mass is 16.1. The molecule has 0 atom stereocenters. The lowest BCUT2D eigenvalue weighted by Gasteiger charge is -2.15. The van der Waals surface area contributed by atoms with E-state index < -0.39 is 0 Å². The van der Waals surface area contributed by atoms with Crippen molar-refractivity contribution in [2.24, 2.45) is 5.92 Å². The van der Waals surface area contributed by atoms with E-state index >= 15 is 0 Å². The molecule has 4 heterocycles. The molecule has 1 aliphatic rings. The summed E-state index contributed by atoms with van der Waals surface area (Å²) in [6.45, 7) is 4.33. The summed E-state index contributed by atoms with van der Waals surface area (Å²) < 4.78 is 0. The standard InChI is InChI=1S/C18H12N6O.C7H14/c1-10-4-14(12-2-3-16(25)21-8-12)20-9-13(10)17-23-15-5-11(6-19)7-22-18(15)24-17;1-7-5-3-2-4-6-7/h2-5,7-9H,1H3,(H,21,25)(H,22,23,24);7H,2-6H2,1H3. The van der Waals surface area contributed by atoms with E-state index in [0.29, 0.717) is 22.6 Å². The number of hydrogen-bond acceptors (Lipinski definition) is 5. The van der Waals surface area contributed by atoms with E-state index in [2.05, 4.69) is 37.9 Å². The van der Waals surface area contributed by atoms with Gasteiger partial charge in [-0.3, -0.25) is 9.78 Å². The number of rotatable bonds is 2. The highest BCUT2D eigenvalue weighted by Crippen LogP contribution is 2.26. The summed E-state index contributed by atoms with van der Waals surface area (Å²) in [5.41, 5.74) is 5.02. The van der Waals surface area contributed by atoms with Crippen LogP contribution in [-0.4, -0.2) is 24.9 Å². The highest BCUT2D eigenvalue weighted by Gasteiger charge is 2.11. The number of hydrogen-bond donors (Lipinski definition) is 2. The Labute approximate surface area is 186 Å². The Morgan fingerprint density at radius 2 is 1.91 bits per heavy atom. The molecule has 4 aromatic rings. The largest absolute Gasteiger partial charge is 0.336 e. The van der Waals surface area contributed by atoms with Gasteiger partial charge in [0.1, 0.15) is 11.9 Å². The first kappa shape index (κ1) is 21.4. The van der Waals surface area contributed by atoms with Gasteiger partial charge in [0.25, 0.3) is 0 Å². The van der Waals surface area contributed by atoms with Gasteiger partial charge < -0.3 is 9.97 Å². The van der Waals surface area contributed by atoms with E-state index in [-0.39, 0.29) is 5.56 Å².